The van der Waals surface area contributed by atoms with Gasteiger partial charge in [-0.1, -0.05) is 24.3 Å². The fraction of sp³-hybridized carbons (Fsp3) is 0.150. The monoisotopic (exact) mass is 348 g/mol. The molecule has 6 heteroatoms. The molecule has 26 heavy (non-hydrogen) atoms. The lowest BCUT2D eigenvalue weighted by molar-refractivity contribution is 0.0988. The predicted octanol–water partition coefficient (Wildman–Crippen LogP) is 3.81. The maximum Gasteiger partial charge on any atom is 0.276 e. The molecule has 0 spiro atoms. The number of nitrogens with one attached hydrogen (secondary N) is 1. The first-order valence-electron chi connectivity index (χ1n) is 8.16. The lowest BCUT2D eigenvalue weighted by atomic mass is 10.2. The van der Waals surface area contributed by atoms with Crippen LogP contribution in [0.4, 0.5) is 17.2 Å². The molecule has 3 rings (SSSR count). The lowest BCUT2D eigenvalue weighted by Crippen LogP contribution is -2.27. The summed E-state index contributed by atoms with van der Waals surface area (Å²) in [5.41, 5.74) is 1.95. The molecule has 0 radical (unpaired) electrons. The van der Waals surface area contributed by atoms with Gasteiger partial charge in [0.05, 0.1) is 7.11 Å². The summed E-state index contributed by atoms with van der Waals surface area (Å²) in [5.74, 6) is 1.61. The van der Waals surface area contributed by atoms with E-state index in [2.05, 4.69) is 15.3 Å². The number of rotatable bonds is 5. The molecule has 1 amide bonds. The fourth-order valence-electron chi connectivity index (χ4n) is 2.53. The molecule has 1 N–H and O–H groups in total. The molecular formula is C20H20N4O2. The standard InChI is InChI=1S/C20H20N4O2/c1-14-21-18(20(25)24(2)16-9-5-4-6-10-16)13-19(22-14)23-15-8-7-11-17(12-15)26-3/h4-13H,1-3H3,(H,21,22,23). The molecule has 3 aromatic rings. The Labute approximate surface area is 152 Å². The number of anilines is 3. The molecule has 1 heterocycles. The van der Waals surface area contributed by atoms with Gasteiger partial charge in [0.2, 0.25) is 0 Å². The van der Waals surface area contributed by atoms with E-state index in [9.17, 15) is 4.79 Å². The summed E-state index contributed by atoms with van der Waals surface area (Å²) in [7, 11) is 3.34. The summed E-state index contributed by atoms with van der Waals surface area (Å²) in [6.07, 6.45) is 0. The van der Waals surface area contributed by atoms with Crippen molar-refractivity contribution in [2.45, 2.75) is 6.92 Å². The number of hydrogen-bond acceptors (Lipinski definition) is 5. The zero-order chi connectivity index (χ0) is 18.5. The molecule has 0 bridgehead atoms. The Morgan fingerprint density at radius 1 is 1.04 bits per heavy atom. The quantitative estimate of drug-likeness (QED) is 0.759. The average Bonchev–Trinajstić information content (AvgIpc) is 2.67. The predicted molar refractivity (Wildman–Crippen MR) is 102 cm³/mol. The highest BCUT2D eigenvalue weighted by Gasteiger charge is 2.16. The molecule has 6 nitrogen and oxygen atoms in total. The van der Waals surface area contributed by atoms with E-state index in [1.165, 1.54) is 0 Å². The van der Waals surface area contributed by atoms with Crippen LogP contribution < -0.4 is 15.0 Å². The van der Waals surface area contributed by atoms with Crippen LogP contribution in [0, 0.1) is 6.92 Å². The maximum atomic E-state index is 12.8. The second-order valence-electron chi connectivity index (χ2n) is 5.74. The molecule has 0 aliphatic heterocycles. The topological polar surface area (TPSA) is 67.3 Å². The number of nitrogens with zero attached hydrogens (tertiary/aromatic N) is 3. The van der Waals surface area contributed by atoms with Gasteiger partial charge in [-0.2, -0.15) is 0 Å². The summed E-state index contributed by atoms with van der Waals surface area (Å²) in [4.78, 5) is 23.0. The fourth-order valence-corrected chi connectivity index (χ4v) is 2.53. The number of carbonyl (C=O) groups excluding carboxylic acids is 1. The Balaban J connectivity index is 1.86. The number of ether oxygens (including phenoxy) is 1. The minimum atomic E-state index is -0.199. The van der Waals surface area contributed by atoms with Crippen molar-refractivity contribution in [2.75, 3.05) is 24.4 Å². The zero-order valence-electron chi connectivity index (χ0n) is 14.9. The van der Waals surface area contributed by atoms with Gasteiger partial charge in [0.1, 0.15) is 23.1 Å². The van der Waals surface area contributed by atoms with Crippen LogP contribution in [-0.2, 0) is 0 Å². The second-order valence-corrected chi connectivity index (χ2v) is 5.74. The number of aromatic nitrogens is 2. The van der Waals surface area contributed by atoms with Gasteiger partial charge in [0.25, 0.3) is 5.91 Å². The first-order valence-corrected chi connectivity index (χ1v) is 8.16. The molecule has 2 aromatic carbocycles. The van der Waals surface area contributed by atoms with Crippen LogP contribution in [0.15, 0.2) is 60.7 Å². The van der Waals surface area contributed by atoms with E-state index in [-0.39, 0.29) is 5.91 Å². The van der Waals surface area contributed by atoms with E-state index in [0.717, 1.165) is 17.1 Å². The summed E-state index contributed by atoms with van der Waals surface area (Å²) in [6.45, 7) is 1.76. The third-order valence-corrected chi connectivity index (χ3v) is 3.85. The summed E-state index contributed by atoms with van der Waals surface area (Å²) in [6, 6.07) is 18.6. The Hall–Kier alpha value is -3.41. The Morgan fingerprint density at radius 2 is 1.81 bits per heavy atom. The summed E-state index contributed by atoms with van der Waals surface area (Å²) >= 11 is 0. The Bertz CT molecular complexity index is 913. The molecule has 0 saturated carbocycles. The molecular weight excluding hydrogens is 328 g/mol. The second kappa shape index (κ2) is 7.65. The van der Waals surface area contributed by atoms with E-state index >= 15 is 0 Å². The van der Waals surface area contributed by atoms with E-state index in [1.54, 1.807) is 32.0 Å². The van der Waals surface area contributed by atoms with Crippen molar-refractivity contribution in [1.29, 1.82) is 0 Å². The minimum Gasteiger partial charge on any atom is -0.497 e. The number of para-hydroxylation sites is 1. The van der Waals surface area contributed by atoms with Crippen molar-refractivity contribution in [3.05, 3.63) is 72.2 Å². The number of methoxy groups -OCH3 is 1. The average molecular weight is 348 g/mol. The third kappa shape index (κ3) is 3.97. The highest BCUT2D eigenvalue weighted by atomic mass is 16.5. The van der Waals surface area contributed by atoms with Gasteiger partial charge in [-0.25, -0.2) is 9.97 Å². The van der Waals surface area contributed by atoms with Crippen molar-refractivity contribution < 1.29 is 9.53 Å². The van der Waals surface area contributed by atoms with Crippen LogP contribution in [0.25, 0.3) is 0 Å². The summed E-state index contributed by atoms with van der Waals surface area (Å²) in [5, 5.41) is 3.19. The third-order valence-electron chi connectivity index (χ3n) is 3.85. The van der Waals surface area contributed by atoms with Gasteiger partial charge in [0, 0.05) is 30.6 Å². The normalized spacial score (nSPS) is 10.3. The van der Waals surface area contributed by atoms with Crippen molar-refractivity contribution >= 4 is 23.1 Å². The van der Waals surface area contributed by atoms with Crippen molar-refractivity contribution in [3.8, 4) is 5.75 Å². The van der Waals surface area contributed by atoms with Gasteiger partial charge in [-0.05, 0) is 31.2 Å². The van der Waals surface area contributed by atoms with Gasteiger partial charge < -0.3 is 15.0 Å². The molecule has 132 valence electrons. The zero-order valence-corrected chi connectivity index (χ0v) is 14.9. The van der Waals surface area contributed by atoms with E-state index in [4.69, 9.17) is 4.74 Å². The molecule has 0 atom stereocenters. The van der Waals surface area contributed by atoms with Crippen LogP contribution in [0.2, 0.25) is 0 Å². The van der Waals surface area contributed by atoms with Crippen LogP contribution in [-0.4, -0.2) is 30.0 Å². The van der Waals surface area contributed by atoms with Gasteiger partial charge in [0.15, 0.2) is 0 Å². The number of aryl methyl sites for hydroxylation is 1. The lowest BCUT2D eigenvalue weighted by Gasteiger charge is -2.17. The van der Waals surface area contributed by atoms with Crippen molar-refractivity contribution in [2.24, 2.45) is 0 Å². The SMILES string of the molecule is COc1cccc(Nc2cc(C(=O)N(C)c3ccccc3)nc(C)n2)c1. The van der Waals surface area contributed by atoms with Crippen molar-refractivity contribution in [1.82, 2.24) is 9.97 Å². The first-order chi connectivity index (χ1) is 12.6. The number of carbonyl (C=O) groups is 1. The minimum absolute atomic E-state index is 0.199. The van der Waals surface area contributed by atoms with E-state index in [1.807, 2.05) is 54.6 Å². The Morgan fingerprint density at radius 3 is 2.54 bits per heavy atom. The highest BCUT2D eigenvalue weighted by molar-refractivity contribution is 6.04. The molecule has 1 aromatic heterocycles. The van der Waals surface area contributed by atoms with Gasteiger partial charge in [-0.3, -0.25) is 4.79 Å². The number of hydrogen-bond donors (Lipinski definition) is 1. The summed E-state index contributed by atoms with van der Waals surface area (Å²) < 4.78 is 5.23. The van der Waals surface area contributed by atoms with Crippen LogP contribution in [0.5, 0.6) is 5.75 Å². The van der Waals surface area contributed by atoms with Crippen LogP contribution >= 0.6 is 0 Å². The Kier molecular flexibility index (Phi) is 5.12. The molecule has 0 fully saturated rings. The smallest absolute Gasteiger partial charge is 0.276 e. The van der Waals surface area contributed by atoms with E-state index < -0.39 is 0 Å². The molecule has 0 aliphatic carbocycles. The first kappa shape index (κ1) is 17.4. The van der Waals surface area contributed by atoms with Gasteiger partial charge in [-0.15, -0.1) is 0 Å². The molecule has 0 saturated heterocycles. The highest BCUT2D eigenvalue weighted by Crippen LogP contribution is 2.21. The molecule has 0 unspecified atom stereocenters. The van der Waals surface area contributed by atoms with Gasteiger partial charge >= 0.3 is 0 Å². The number of benzene rings is 2. The maximum absolute atomic E-state index is 12.8. The van der Waals surface area contributed by atoms with Crippen LogP contribution in [0.1, 0.15) is 16.3 Å². The molecule has 0 aliphatic rings. The van der Waals surface area contributed by atoms with E-state index in [0.29, 0.717) is 17.3 Å². The van der Waals surface area contributed by atoms with Crippen LogP contribution in [0.3, 0.4) is 0 Å². The number of amides is 1. The van der Waals surface area contributed by atoms with Crippen molar-refractivity contribution in [3.63, 3.8) is 0 Å². The largest absolute Gasteiger partial charge is 0.497 e.